The minimum atomic E-state index is 0.946. The maximum absolute atomic E-state index is 5.12. The molecular weight excluding hydrogens is 532 g/mol. The van der Waals surface area contributed by atoms with E-state index >= 15 is 0 Å². The summed E-state index contributed by atoms with van der Waals surface area (Å²) < 4.78 is 0. The molecule has 0 bridgehead atoms. The van der Waals surface area contributed by atoms with Gasteiger partial charge in [-0.1, -0.05) is 115 Å². The molecule has 0 unspecified atom stereocenters. The Morgan fingerprint density at radius 3 is 1.55 bits per heavy atom. The van der Waals surface area contributed by atoms with Crippen molar-refractivity contribution in [3.05, 3.63) is 170 Å². The van der Waals surface area contributed by atoms with Gasteiger partial charge in [0.1, 0.15) is 0 Å². The number of hydrogen-bond acceptors (Lipinski definition) is 2. The fraction of sp³-hybridized carbons (Fsp3) is 0. The van der Waals surface area contributed by atoms with Gasteiger partial charge in [-0.25, -0.2) is 4.98 Å². The van der Waals surface area contributed by atoms with Crippen molar-refractivity contribution in [2.45, 2.75) is 0 Å². The number of nitrogens with zero attached hydrogens (tertiary/aromatic N) is 2. The summed E-state index contributed by atoms with van der Waals surface area (Å²) in [5.41, 5.74) is 10.7. The van der Waals surface area contributed by atoms with Crippen LogP contribution in [0.2, 0.25) is 0 Å². The summed E-state index contributed by atoms with van der Waals surface area (Å²) in [6.07, 6.45) is 1.86. The molecule has 2 nitrogen and oxygen atoms in total. The SMILES string of the molecule is c1ccc(-c2cc(-c3cc(-c4ccccn4)cc(-c4cc5ccccc5c5ccccc45)c3)cc(-c3ccccc3)n2)cc1. The van der Waals surface area contributed by atoms with Gasteiger partial charge in [-0.05, 0) is 92.3 Å². The van der Waals surface area contributed by atoms with Crippen LogP contribution in [0.25, 0.3) is 77.6 Å². The molecule has 0 saturated heterocycles. The first kappa shape index (κ1) is 25.8. The molecule has 0 fully saturated rings. The van der Waals surface area contributed by atoms with Crippen LogP contribution in [-0.4, -0.2) is 9.97 Å². The highest BCUT2D eigenvalue weighted by Crippen LogP contribution is 2.39. The zero-order valence-electron chi connectivity index (χ0n) is 24.1. The fourth-order valence-electron chi connectivity index (χ4n) is 6.14. The van der Waals surface area contributed by atoms with Crippen molar-refractivity contribution in [2.24, 2.45) is 0 Å². The molecule has 0 spiro atoms. The zero-order valence-corrected chi connectivity index (χ0v) is 24.1. The molecule has 8 aromatic rings. The van der Waals surface area contributed by atoms with Gasteiger partial charge in [0.15, 0.2) is 0 Å². The molecule has 0 amide bonds. The molecule has 2 aromatic heterocycles. The molecule has 8 rings (SSSR count). The maximum atomic E-state index is 5.12. The van der Waals surface area contributed by atoms with Crippen LogP contribution in [0.15, 0.2) is 170 Å². The lowest BCUT2D eigenvalue weighted by Gasteiger charge is -2.15. The van der Waals surface area contributed by atoms with E-state index in [1.54, 1.807) is 0 Å². The Morgan fingerprint density at radius 2 is 0.864 bits per heavy atom. The average Bonchev–Trinajstić information content (AvgIpc) is 3.12. The number of hydrogen-bond donors (Lipinski definition) is 0. The second-order valence-electron chi connectivity index (χ2n) is 11.1. The van der Waals surface area contributed by atoms with E-state index in [2.05, 4.69) is 140 Å². The van der Waals surface area contributed by atoms with Crippen molar-refractivity contribution in [1.82, 2.24) is 9.97 Å². The Balaban J connectivity index is 1.41. The fourth-order valence-corrected chi connectivity index (χ4v) is 6.14. The van der Waals surface area contributed by atoms with Crippen LogP contribution in [0.3, 0.4) is 0 Å². The van der Waals surface area contributed by atoms with E-state index in [-0.39, 0.29) is 0 Å². The minimum absolute atomic E-state index is 0.946. The topological polar surface area (TPSA) is 25.8 Å². The van der Waals surface area contributed by atoms with E-state index in [9.17, 15) is 0 Å². The molecule has 2 heteroatoms. The van der Waals surface area contributed by atoms with Gasteiger partial charge in [0.2, 0.25) is 0 Å². The Hall–Kier alpha value is -5.86. The van der Waals surface area contributed by atoms with Crippen LogP contribution in [0.4, 0.5) is 0 Å². The van der Waals surface area contributed by atoms with Gasteiger partial charge in [-0.15, -0.1) is 0 Å². The van der Waals surface area contributed by atoms with Crippen molar-refractivity contribution >= 4 is 21.5 Å². The molecule has 0 atom stereocenters. The minimum Gasteiger partial charge on any atom is -0.256 e. The van der Waals surface area contributed by atoms with Gasteiger partial charge >= 0.3 is 0 Å². The van der Waals surface area contributed by atoms with Crippen LogP contribution in [0.5, 0.6) is 0 Å². The van der Waals surface area contributed by atoms with Gasteiger partial charge in [-0.3, -0.25) is 4.98 Å². The molecule has 0 aliphatic rings. The maximum Gasteiger partial charge on any atom is 0.0715 e. The predicted molar refractivity (Wildman–Crippen MR) is 184 cm³/mol. The van der Waals surface area contributed by atoms with E-state index in [4.69, 9.17) is 9.97 Å². The lowest BCUT2D eigenvalue weighted by atomic mass is 9.89. The molecule has 6 aromatic carbocycles. The molecule has 0 N–H and O–H groups in total. The molecule has 44 heavy (non-hydrogen) atoms. The van der Waals surface area contributed by atoms with E-state index in [0.29, 0.717) is 0 Å². The summed E-state index contributed by atoms with van der Waals surface area (Å²) in [5.74, 6) is 0. The van der Waals surface area contributed by atoms with Gasteiger partial charge in [0.05, 0.1) is 17.1 Å². The third kappa shape index (κ3) is 4.83. The number of pyridine rings is 2. The number of aromatic nitrogens is 2. The largest absolute Gasteiger partial charge is 0.256 e. The van der Waals surface area contributed by atoms with Crippen molar-refractivity contribution in [3.63, 3.8) is 0 Å². The van der Waals surface area contributed by atoms with Crippen molar-refractivity contribution < 1.29 is 0 Å². The Morgan fingerprint density at radius 1 is 0.318 bits per heavy atom. The van der Waals surface area contributed by atoms with Gasteiger partial charge in [-0.2, -0.15) is 0 Å². The third-order valence-electron chi connectivity index (χ3n) is 8.27. The highest BCUT2D eigenvalue weighted by molar-refractivity contribution is 6.14. The first-order valence-corrected chi connectivity index (χ1v) is 14.9. The smallest absolute Gasteiger partial charge is 0.0715 e. The molecule has 0 radical (unpaired) electrons. The highest BCUT2D eigenvalue weighted by atomic mass is 14.7. The lowest BCUT2D eigenvalue weighted by molar-refractivity contribution is 1.32. The molecule has 0 aliphatic carbocycles. The van der Waals surface area contributed by atoms with Crippen LogP contribution in [-0.2, 0) is 0 Å². The predicted octanol–water partition coefficient (Wildman–Crippen LogP) is 11.1. The summed E-state index contributed by atoms with van der Waals surface area (Å²) in [6, 6.07) is 57.9. The molecule has 2 heterocycles. The van der Waals surface area contributed by atoms with Crippen molar-refractivity contribution in [1.29, 1.82) is 0 Å². The molecule has 0 aliphatic heterocycles. The summed E-state index contributed by atoms with van der Waals surface area (Å²) in [5, 5.41) is 4.99. The first-order valence-electron chi connectivity index (χ1n) is 14.9. The summed E-state index contributed by atoms with van der Waals surface area (Å²) in [6.45, 7) is 0. The monoisotopic (exact) mass is 560 g/mol. The molecule has 0 saturated carbocycles. The second-order valence-corrected chi connectivity index (χ2v) is 11.1. The number of benzene rings is 6. The Kier molecular flexibility index (Phi) is 6.51. The summed E-state index contributed by atoms with van der Waals surface area (Å²) in [4.78, 5) is 9.87. The number of rotatable bonds is 5. The third-order valence-corrected chi connectivity index (χ3v) is 8.27. The number of fused-ring (bicyclic) bond motifs is 3. The Labute approximate surface area is 257 Å². The van der Waals surface area contributed by atoms with Gasteiger partial charge < -0.3 is 0 Å². The van der Waals surface area contributed by atoms with E-state index < -0.39 is 0 Å². The Bertz CT molecular complexity index is 2200. The first-order chi connectivity index (χ1) is 21.8. The average molecular weight is 561 g/mol. The summed E-state index contributed by atoms with van der Waals surface area (Å²) in [7, 11) is 0. The quantitative estimate of drug-likeness (QED) is 0.196. The lowest BCUT2D eigenvalue weighted by Crippen LogP contribution is -1.93. The van der Waals surface area contributed by atoms with Crippen LogP contribution in [0.1, 0.15) is 0 Å². The second kappa shape index (κ2) is 11.1. The highest BCUT2D eigenvalue weighted by Gasteiger charge is 2.15. The van der Waals surface area contributed by atoms with Crippen LogP contribution >= 0.6 is 0 Å². The standard InChI is InChI=1S/C42H28N2/c1-3-13-29(14-4-1)41-27-33(28-42(44-41)30-15-5-2-6-16-30)32-23-34(25-35(24-32)40-21-11-12-22-43-40)39-26-31-17-7-8-18-36(31)37-19-9-10-20-38(37)39/h1-28H. The van der Waals surface area contributed by atoms with Crippen LogP contribution in [0, 0.1) is 0 Å². The normalized spacial score (nSPS) is 11.2. The van der Waals surface area contributed by atoms with E-state index in [1.807, 2.05) is 30.5 Å². The van der Waals surface area contributed by atoms with Crippen molar-refractivity contribution in [2.75, 3.05) is 0 Å². The van der Waals surface area contributed by atoms with Crippen molar-refractivity contribution in [3.8, 4) is 56.0 Å². The van der Waals surface area contributed by atoms with Gasteiger partial charge in [0, 0.05) is 22.9 Å². The zero-order chi connectivity index (χ0) is 29.3. The summed E-state index contributed by atoms with van der Waals surface area (Å²) >= 11 is 0. The van der Waals surface area contributed by atoms with E-state index in [0.717, 1.165) is 50.5 Å². The van der Waals surface area contributed by atoms with Gasteiger partial charge in [0.25, 0.3) is 0 Å². The van der Waals surface area contributed by atoms with Crippen LogP contribution < -0.4 is 0 Å². The molecule has 206 valence electrons. The van der Waals surface area contributed by atoms with E-state index in [1.165, 1.54) is 27.1 Å². The molecular formula is C42H28N2.